The molecule has 0 saturated heterocycles. The van der Waals surface area contributed by atoms with E-state index < -0.39 is 12.0 Å². The molecule has 2 nitrogen and oxygen atoms in total. The van der Waals surface area contributed by atoms with Gasteiger partial charge in [0.15, 0.2) is 0 Å². The van der Waals surface area contributed by atoms with Gasteiger partial charge in [0.05, 0.1) is 0 Å². The Morgan fingerprint density at radius 3 is 1.95 bits per heavy atom. The summed E-state index contributed by atoms with van der Waals surface area (Å²) < 4.78 is 49.8. The number of hydrogen-bond acceptors (Lipinski definition) is 2. The fraction of sp³-hybridized carbons (Fsp3) is 0.231. The fourth-order valence-electron chi connectivity index (χ4n) is 1.65. The molecule has 1 aromatic heterocycles. The van der Waals surface area contributed by atoms with Crippen molar-refractivity contribution in [2.75, 3.05) is 0 Å². The maximum Gasteiger partial charge on any atom is 0.451 e. The molecule has 0 bridgehead atoms. The Balaban J connectivity index is 2.25. The van der Waals surface area contributed by atoms with Crippen LogP contribution in [0.2, 0.25) is 0 Å². The van der Waals surface area contributed by atoms with Crippen LogP contribution in [0.3, 0.4) is 0 Å². The average molecular weight is 270 g/mol. The van der Waals surface area contributed by atoms with Crippen molar-refractivity contribution in [3.63, 3.8) is 0 Å². The van der Waals surface area contributed by atoms with Crippen LogP contribution in [0.5, 0.6) is 0 Å². The van der Waals surface area contributed by atoms with E-state index in [-0.39, 0.29) is 11.7 Å². The molecule has 0 aliphatic rings. The monoisotopic (exact) mass is 270 g/mol. The molecule has 2 rings (SSSR count). The van der Waals surface area contributed by atoms with Gasteiger partial charge >= 0.3 is 6.18 Å². The molecule has 0 fully saturated rings. The zero-order valence-corrected chi connectivity index (χ0v) is 9.95. The van der Waals surface area contributed by atoms with Crippen LogP contribution in [0.1, 0.15) is 29.8 Å². The highest BCUT2D eigenvalue weighted by Crippen LogP contribution is 2.27. The number of alkyl halides is 3. The lowest BCUT2D eigenvalue weighted by Gasteiger charge is -2.12. The van der Waals surface area contributed by atoms with E-state index >= 15 is 0 Å². The van der Waals surface area contributed by atoms with Crippen molar-refractivity contribution in [1.82, 2.24) is 9.97 Å². The molecule has 0 amide bonds. The van der Waals surface area contributed by atoms with Crippen LogP contribution in [-0.2, 0) is 6.18 Å². The second-order valence-electron chi connectivity index (χ2n) is 4.11. The van der Waals surface area contributed by atoms with Gasteiger partial charge in [-0.3, -0.25) is 0 Å². The number of benzene rings is 1. The molecule has 0 aliphatic carbocycles. The molecule has 1 unspecified atom stereocenters. The summed E-state index contributed by atoms with van der Waals surface area (Å²) in [4.78, 5) is 6.61. The summed E-state index contributed by atoms with van der Waals surface area (Å²) in [5, 5.41) is 0. The summed E-state index contributed by atoms with van der Waals surface area (Å²) in [7, 11) is 0. The second kappa shape index (κ2) is 4.95. The first kappa shape index (κ1) is 13.5. The van der Waals surface area contributed by atoms with Gasteiger partial charge in [-0.25, -0.2) is 14.4 Å². The molecule has 19 heavy (non-hydrogen) atoms. The Bertz CT molecular complexity index is 546. The highest BCUT2D eigenvalue weighted by molar-refractivity contribution is 5.29. The molecule has 0 saturated carbocycles. The lowest BCUT2D eigenvalue weighted by atomic mass is 9.95. The van der Waals surface area contributed by atoms with Gasteiger partial charge < -0.3 is 0 Å². The Morgan fingerprint density at radius 1 is 0.947 bits per heavy atom. The Kier molecular flexibility index (Phi) is 3.50. The number of nitrogens with zero attached hydrogens (tertiary/aromatic N) is 2. The first-order chi connectivity index (χ1) is 8.88. The van der Waals surface area contributed by atoms with Crippen LogP contribution in [0.4, 0.5) is 17.6 Å². The molecule has 1 aromatic carbocycles. The third kappa shape index (κ3) is 3.07. The maximum atomic E-state index is 12.8. The van der Waals surface area contributed by atoms with E-state index in [0.29, 0.717) is 5.56 Å². The smallest absolute Gasteiger partial charge is 0.233 e. The van der Waals surface area contributed by atoms with E-state index in [1.54, 1.807) is 19.1 Å². The van der Waals surface area contributed by atoms with Crippen LogP contribution >= 0.6 is 0 Å². The maximum absolute atomic E-state index is 12.8. The van der Waals surface area contributed by atoms with Gasteiger partial charge in [-0.05, 0) is 23.3 Å². The predicted molar refractivity (Wildman–Crippen MR) is 61.0 cm³/mol. The van der Waals surface area contributed by atoms with Gasteiger partial charge in [0.1, 0.15) is 5.82 Å². The van der Waals surface area contributed by atoms with Gasteiger partial charge in [0, 0.05) is 18.3 Å². The second-order valence-corrected chi connectivity index (χ2v) is 4.11. The molecule has 1 atom stereocenters. The number of halogens is 4. The van der Waals surface area contributed by atoms with Gasteiger partial charge in [0.25, 0.3) is 0 Å². The van der Waals surface area contributed by atoms with Crippen molar-refractivity contribution in [3.05, 3.63) is 59.4 Å². The quantitative estimate of drug-likeness (QED) is 0.776. The molecule has 0 aliphatic heterocycles. The van der Waals surface area contributed by atoms with E-state index in [1.165, 1.54) is 12.1 Å². The molecular weight excluding hydrogens is 260 g/mol. The van der Waals surface area contributed by atoms with Crippen LogP contribution < -0.4 is 0 Å². The Morgan fingerprint density at radius 2 is 1.47 bits per heavy atom. The summed E-state index contributed by atoms with van der Waals surface area (Å²) in [6.07, 6.45) is -2.26. The van der Waals surface area contributed by atoms with Crippen LogP contribution in [0.25, 0.3) is 0 Å². The van der Waals surface area contributed by atoms with Gasteiger partial charge in [0.2, 0.25) is 5.82 Å². The largest absolute Gasteiger partial charge is 0.451 e. The molecule has 1 heterocycles. The molecule has 2 aromatic rings. The number of rotatable bonds is 2. The van der Waals surface area contributed by atoms with Gasteiger partial charge in [-0.1, -0.05) is 19.1 Å². The third-order valence-corrected chi connectivity index (χ3v) is 2.80. The summed E-state index contributed by atoms with van der Waals surface area (Å²) in [6.45, 7) is 1.79. The van der Waals surface area contributed by atoms with E-state index in [2.05, 4.69) is 9.97 Å². The summed E-state index contributed by atoms with van der Waals surface area (Å²) in [5.74, 6) is -1.73. The zero-order valence-electron chi connectivity index (χ0n) is 9.95. The van der Waals surface area contributed by atoms with Crippen LogP contribution in [0.15, 0.2) is 36.7 Å². The van der Waals surface area contributed by atoms with Crippen LogP contribution in [0, 0.1) is 5.82 Å². The minimum absolute atomic E-state index is 0.206. The molecule has 0 N–H and O–H groups in total. The van der Waals surface area contributed by atoms with Crippen molar-refractivity contribution < 1.29 is 17.6 Å². The van der Waals surface area contributed by atoms with Crippen molar-refractivity contribution in [2.45, 2.75) is 19.0 Å². The van der Waals surface area contributed by atoms with E-state index in [4.69, 9.17) is 0 Å². The highest BCUT2D eigenvalue weighted by atomic mass is 19.4. The predicted octanol–water partition coefficient (Wildman–Crippen LogP) is 3.79. The SMILES string of the molecule is CC(c1ccc(F)cc1)c1cnc(C(F)(F)F)nc1. The minimum atomic E-state index is -4.54. The standard InChI is InChI=1S/C13H10F4N2/c1-8(9-2-4-11(14)5-3-9)10-6-18-12(19-7-10)13(15,16)17/h2-8H,1H3. The van der Waals surface area contributed by atoms with Crippen molar-refractivity contribution in [2.24, 2.45) is 0 Å². The van der Waals surface area contributed by atoms with Crippen molar-refractivity contribution in [1.29, 1.82) is 0 Å². The third-order valence-electron chi connectivity index (χ3n) is 2.80. The molecule has 100 valence electrons. The normalized spacial score (nSPS) is 13.3. The zero-order chi connectivity index (χ0) is 14.0. The van der Waals surface area contributed by atoms with E-state index in [0.717, 1.165) is 18.0 Å². The topological polar surface area (TPSA) is 25.8 Å². The van der Waals surface area contributed by atoms with E-state index in [1.807, 2.05) is 0 Å². The Hall–Kier alpha value is -1.98. The lowest BCUT2D eigenvalue weighted by molar-refractivity contribution is -0.145. The minimum Gasteiger partial charge on any atom is -0.233 e. The summed E-state index contributed by atoms with van der Waals surface area (Å²) in [6, 6.07) is 5.77. The Labute approximate surface area is 107 Å². The van der Waals surface area contributed by atoms with E-state index in [9.17, 15) is 17.6 Å². The molecule has 6 heteroatoms. The molecule has 0 radical (unpaired) electrons. The van der Waals surface area contributed by atoms with Crippen molar-refractivity contribution in [3.8, 4) is 0 Å². The number of hydrogen-bond donors (Lipinski definition) is 0. The first-order valence-electron chi connectivity index (χ1n) is 5.52. The molecule has 0 spiro atoms. The first-order valence-corrected chi connectivity index (χ1v) is 5.52. The lowest BCUT2D eigenvalue weighted by Crippen LogP contribution is -2.11. The van der Waals surface area contributed by atoms with Crippen molar-refractivity contribution >= 4 is 0 Å². The summed E-state index contributed by atoms with van der Waals surface area (Å²) in [5.41, 5.74) is 1.32. The van der Waals surface area contributed by atoms with Crippen LogP contribution in [-0.4, -0.2) is 9.97 Å². The highest BCUT2D eigenvalue weighted by Gasteiger charge is 2.34. The number of aromatic nitrogens is 2. The van der Waals surface area contributed by atoms with Gasteiger partial charge in [-0.15, -0.1) is 0 Å². The average Bonchev–Trinajstić information content (AvgIpc) is 2.38. The fourth-order valence-corrected chi connectivity index (χ4v) is 1.65. The molecular formula is C13H10F4N2. The van der Waals surface area contributed by atoms with Gasteiger partial charge in [-0.2, -0.15) is 13.2 Å². The summed E-state index contributed by atoms with van der Waals surface area (Å²) >= 11 is 0.